The number of rotatable bonds is 3. The van der Waals surface area contributed by atoms with Crippen LogP contribution in [0.2, 0.25) is 0 Å². The molecule has 90 valence electrons. The zero-order chi connectivity index (χ0) is 12.4. The van der Waals surface area contributed by atoms with Gasteiger partial charge in [-0.3, -0.25) is 0 Å². The van der Waals surface area contributed by atoms with Gasteiger partial charge in [0.05, 0.1) is 26.1 Å². The molecule has 0 aromatic carbocycles. The Bertz CT molecular complexity index is 564. The molecule has 0 atom stereocenters. The van der Waals surface area contributed by atoms with Crippen molar-refractivity contribution in [1.82, 2.24) is 14.6 Å². The first kappa shape index (κ1) is 11.2. The predicted molar refractivity (Wildman–Crippen MR) is 57.2 cm³/mol. The zero-order valence-corrected chi connectivity index (χ0v) is 9.38. The number of aromatic nitrogens is 3. The molecule has 0 aliphatic carbocycles. The summed E-state index contributed by atoms with van der Waals surface area (Å²) in [5, 5.41) is 13.5. The van der Waals surface area contributed by atoms with E-state index in [9.17, 15) is 9.90 Å². The maximum absolute atomic E-state index is 11.6. The van der Waals surface area contributed by atoms with Gasteiger partial charge < -0.3 is 14.6 Å². The normalized spacial score (nSPS) is 10.5. The second-order valence-corrected chi connectivity index (χ2v) is 3.18. The van der Waals surface area contributed by atoms with E-state index in [1.54, 1.807) is 6.92 Å². The summed E-state index contributed by atoms with van der Waals surface area (Å²) in [6.45, 7) is 1.97. The smallest absolute Gasteiger partial charge is 0.343 e. The van der Waals surface area contributed by atoms with Crippen molar-refractivity contribution in [2.24, 2.45) is 0 Å². The number of hydrogen-bond acceptors (Lipinski definition) is 6. The third kappa shape index (κ3) is 1.86. The number of fused-ring (bicyclic) bond motifs is 1. The fourth-order valence-electron chi connectivity index (χ4n) is 1.38. The molecule has 2 aromatic rings. The van der Waals surface area contributed by atoms with Gasteiger partial charge >= 0.3 is 5.97 Å². The molecule has 0 saturated heterocycles. The molecular formula is C10H11N3O4. The van der Waals surface area contributed by atoms with E-state index in [1.165, 1.54) is 24.0 Å². The van der Waals surface area contributed by atoms with Crippen LogP contribution in [0, 0.1) is 0 Å². The average Bonchev–Trinajstić information content (AvgIpc) is 2.71. The molecule has 2 rings (SSSR count). The summed E-state index contributed by atoms with van der Waals surface area (Å²) in [7, 11) is 1.40. The third-order valence-electron chi connectivity index (χ3n) is 2.16. The standard InChI is InChI=1S/C10H11N3O4/c1-3-17-10(15)6-4-11-13-5-7(16-2)9(14)12-8(6)13/h4-5H,3H2,1-2H3,(H,12,14). The van der Waals surface area contributed by atoms with Gasteiger partial charge in [-0.1, -0.05) is 0 Å². The molecule has 0 aliphatic heterocycles. The molecule has 2 aromatic heterocycles. The molecule has 0 spiro atoms. The monoisotopic (exact) mass is 237 g/mol. The average molecular weight is 237 g/mol. The van der Waals surface area contributed by atoms with Crippen LogP contribution in [-0.2, 0) is 4.74 Å². The van der Waals surface area contributed by atoms with Crippen LogP contribution in [0.4, 0.5) is 0 Å². The van der Waals surface area contributed by atoms with Crippen molar-refractivity contribution < 1.29 is 19.4 Å². The first-order chi connectivity index (χ1) is 8.17. The van der Waals surface area contributed by atoms with Crippen molar-refractivity contribution in [3.8, 4) is 11.6 Å². The molecule has 0 amide bonds. The SMILES string of the molecule is CCOC(=O)c1cnn2cc(OC)c(O)nc12. The number of carbonyl (C=O) groups excluding carboxylic acids is 1. The van der Waals surface area contributed by atoms with E-state index in [1.807, 2.05) is 0 Å². The number of aromatic hydroxyl groups is 1. The third-order valence-corrected chi connectivity index (χ3v) is 2.16. The summed E-state index contributed by atoms with van der Waals surface area (Å²) in [6.07, 6.45) is 2.76. The first-order valence-corrected chi connectivity index (χ1v) is 4.95. The van der Waals surface area contributed by atoms with Crippen LogP contribution >= 0.6 is 0 Å². The van der Waals surface area contributed by atoms with E-state index >= 15 is 0 Å². The maximum atomic E-state index is 11.6. The maximum Gasteiger partial charge on any atom is 0.343 e. The van der Waals surface area contributed by atoms with E-state index in [0.717, 1.165) is 0 Å². The molecule has 7 heteroatoms. The van der Waals surface area contributed by atoms with E-state index in [2.05, 4.69) is 10.1 Å². The Kier molecular flexibility index (Phi) is 2.82. The van der Waals surface area contributed by atoms with Gasteiger partial charge in [0, 0.05) is 0 Å². The minimum Gasteiger partial charge on any atom is -0.491 e. The van der Waals surface area contributed by atoms with Crippen molar-refractivity contribution in [3.63, 3.8) is 0 Å². The first-order valence-electron chi connectivity index (χ1n) is 4.95. The summed E-state index contributed by atoms with van der Waals surface area (Å²) >= 11 is 0. The van der Waals surface area contributed by atoms with E-state index in [0.29, 0.717) is 0 Å². The summed E-state index contributed by atoms with van der Waals surface area (Å²) < 4.78 is 11.1. The van der Waals surface area contributed by atoms with Gasteiger partial charge in [-0.05, 0) is 6.92 Å². The Hall–Kier alpha value is -2.31. The van der Waals surface area contributed by atoms with Crippen LogP contribution in [0.1, 0.15) is 17.3 Å². The van der Waals surface area contributed by atoms with Gasteiger partial charge in [-0.2, -0.15) is 10.1 Å². The molecule has 0 fully saturated rings. The lowest BCUT2D eigenvalue weighted by Gasteiger charge is -2.03. The minimum absolute atomic E-state index is 0.177. The Morgan fingerprint density at radius 1 is 1.59 bits per heavy atom. The molecule has 1 N–H and O–H groups in total. The molecule has 0 saturated carbocycles. The molecule has 0 unspecified atom stereocenters. The lowest BCUT2D eigenvalue weighted by Crippen LogP contribution is -2.05. The highest BCUT2D eigenvalue weighted by atomic mass is 16.5. The lowest BCUT2D eigenvalue weighted by molar-refractivity contribution is 0.0528. The Morgan fingerprint density at radius 3 is 3.00 bits per heavy atom. The van der Waals surface area contributed by atoms with Gasteiger partial charge in [0.1, 0.15) is 5.56 Å². The second kappa shape index (κ2) is 4.28. The fraction of sp³-hybridized carbons (Fsp3) is 0.300. The molecular weight excluding hydrogens is 226 g/mol. The summed E-state index contributed by atoms with van der Waals surface area (Å²) in [6, 6.07) is 0. The lowest BCUT2D eigenvalue weighted by atomic mass is 10.3. The Labute approximate surface area is 96.6 Å². The Balaban J connectivity index is 2.54. The van der Waals surface area contributed by atoms with Crippen LogP contribution < -0.4 is 4.74 Å². The quantitative estimate of drug-likeness (QED) is 0.787. The van der Waals surface area contributed by atoms with Crippen LogP contribution in [0.3, 0.4) is 0 Å². The highest BCUT2D eigenvalue weighted by molar-refractivity contribution is 5.95. The molecule has 0 bridgehead atoms. The van der Waals surface area contributed by atoms with Crippen molar-refractivity contribution in [2.45, 2.75) is 6.92 Å². The van der Waals surface area contributed by atoms with Crippen molar-refractivity contribution >= 4 is 11.6 Å². The molecule has 0 radical (unpaired) electrons. The number of methoxy groups -OCH3 is 1. The van der Waals surface area contributed by atoms with Gasteiger partial charge in [-0.25, -0.2) is 9.31 Å². The molecule has 7 nitrogen and oxygen atoms in total. The number of esters is 1. The summed E-state index contributed by atoms with van der Waals surface area (Å²) in [5.41, 5.74) is 0.423. The van der Waals surface area contributed by atoms with Crippen LogP contribution in [0.25, 0.3) is 5.65 Å². The number of ether oxygens (including phenoxy) is 2. The van der Waals surface area contributed by atoms with Gasteiger partial charge in [0.15, 0.2) is 11.4 Å². The van der Waals surface area contributed by atoms with Gasteiger partial charge in [-0.15, -0.1) is 0 Å². The fourth-order valence-corrected chi connectivity index (χ4v) is 1.38. The van der Waals surface area contributed by atoms with Crippen LogP contribution in [-0.4, -0.2) is 39.4 Å². The Morgan fingerprint density at radius 2 is 2.35 bits per heavy atom. The highest BCUT2D eigenvalue weighted by Crippen LogP contribution is 2.24. The van der Waals surface area contributed by atoms with E-state index in [4.69, 9.17) is 9.47 Å². The largest absolute Gasteiger partial charge is 0.491 e. The van der Waals surface area contributed by atoms with Gasteiger partial charge in [0.2, 0.25) is 0 Å². The molecule has 17 heavy (non-hydrogen) atoms. The summed E-state index contributed by atoms with van der Waals surface area (Å²) in [4.78, 5) is 15.4. The van der Waals surface area contributed by atoms with Crippen LogP contribution in [0.15, 0.2) is 12.4 Å². The topological polar surface area (TPSA) is 86.0 Å². The van der Waals surface area contributed by atoms with E-state index in [-0.39, 0.29) is 29.4 Å². The van der Waals surface area contributed by atoms with Crippen LogP contribution in [0.5, 0.6) is 11.6 Å². The highest BCUT2D eigenvalue weighted by Gasteiger charge is 2.17. The van der Waals surface area contributed by atoms with E-state index < -0.39 is 5.97 Å². The van der Waals surface area contributed by atoms with Crippen molar-refractivity contribution in [1.29, 1.82) is 0 Å². The number of hydrogen-bond donors (Lipinski definition) is 1. The number of carbonyl (C=O) groups is 1. The van der Waals surface area contributed by atoms with Crippen molar-refractivity contribution in [3.05, 3.63) is 18.0 Å². The van der Waals surface area contributed by atoms with Crippen molar-refractivity contribution in [2.75, 3.05) is 13.7 Å². The minimum atomic E-state index is -0.528. The number of nitrogens with zero attached hydrogens (tertiary/aromatic N) is 3. The second-order valence-electron chi connectivity index (χ2n) is 3.18. The summed E-state index contributed by atoms with van der Waals surface area (Å²) in [5.74, 6) is -0.651. The predicted octanol–water partition coefficient (Wildman–Crippen LogP) is 0.620. The zero-order valence-electron chi connectivity index (χ0n) is 9.38. The van der Waals surface area contributed by atoms with Gasteiger partial charge in [0.25, 0.3) is 5.88 Å². The molecule has 2 heterocycles. The molecule has 0 aliphatic rings.